The van der Waals surface area contributed by atoms with Gasteiger partial charge in [0.1, 0.15) is 5.82 Å². The lowest BCUT2D eigenvalue weighted by atomic mass is 10.1. The molecule has 2 aromatic carbocycles. The molecule has 0 unspecified atom stereocenters. The molecule has 0 bridgehead atoms. The maximum atomic E-state index is 13.4. The van der Waals surface area contributed by atoms with Crippen molar-refractivity contribution in [1.82, 2.24) is 9.88 Å². The molecule has 1 saturated heterocycles. The lowest BCUT2D eigenvalue weighted by molar-refractivity contribution is 0.0745. The molecule has 0 atom stereocenters. The van der Waals surface area contributed by atoms with Crippen LogP contribution in [0, 0.1) is 19.7 Å². The standard InChI is InChI=1S/C22H22FN3O/c1-15-4-3-5-19(12-15)25-8-10-26(11-9-25)22(27)20-13-17-6-7-18(23)14-21(17)24-16(20)2/h3-7,12-14H,8-11H2,1-2H3. The fourth-order valence-electron chi connectivity index (χ4n) is 3.62. The van der Waals surface area contributed by atoms with Gasteiger partial charge in [-0.25, -0.2) is 4.39 Å². The van der Waals surface area contributed by atoms with Crippen molar-refractivity contribution < 1.29 is 9.18 Å². The highest BCUT2D eigenvalue weighted by Crippen LogP contribution is 2.21. The molecule has 0 spiro atoms. The summed E-state index contributed by atoms with van der Waals surface area (Å²) in [7, 11) is 0. The third kappa shape index (κ3) is 3.50. The van der Waals surface area contributed by atoms with Crippen molar-refractivity contribution in [3.8, 4) is 0 Å². The fourth-order valence-corrected chi connectivity index (χ4v) is 3.62. The monoisotopic (exact) mass is 363 g/mol. The van der Waals surface area contributed by atoms with Gasteiger partial charge in [0.05, 0.1) is 16.8 Å². The molecule has 1 amide bonds. The van der Waals surface area contributed by atoms with E-state index in [4.69, 9.17) is 0 Å². The molecule has 5 heteroatoms. The lowest BCUT2D eigenvalue weighted by Crippen LogP contribution is -2.49. The first-order valence-electron chi connectivity index (χ1n) is 9.19. The van der Waals surface area contributed by atoms with Crippen LogP contribution < -0.4 is 4.90 Å². The number of amides is 1. The summed E-state index contributed by atoms with van der Waals surface area (Å²) < 4.78 is 13.4. The van der Waals surface area contributed by atoms with Crippen molar-refractivity contribution in [3.63, 3.8) is 0 Å². The Morgan fingerprint density at radius 1 is 1.00 bits per heavy atom. The molecule has 2 heterocycles. The Morgan fingerprint density at radius 2 is 1.78 bits per heavy atom. The number of benzene rings is 2. The molecule has 138 valence electrons. The van der Waals surface area contributed by atoms with Crippen LogP contribution in [0.5, 0.6) is 0 Å². The van der Waals surface area contributed by atoms with Gasteiger partial charge in [-0.2, -0.15) is 0 Å². The first kappa shape index (κ1) is 17.5. The van der Waals surface area contributed by atoms with Gasteiger partial charge in [-0.1, -0.05) is 12.1 Å². The number of fused-ring (bicyclic) bond motifs is 1. The second-order valence-corrected chi connectivity index (χ2v) is 7.08. The maximum Gasteiger partial charge on any atom is 0.255 e. The van der Waals surface area contributed by atoms with E-state index in [-0.39, 0.29) is 11.7 Å². The van der Waals surface area contributed by atoms with Crippen LogP contribution in [0.1, 0.15) is 21.6 Å². The maximum absolute atomic E-state index is 13.4. The van der Waals surface area contributed by atoms with E-state index in [1.165, 1.54) is 23.4 Å². The average Bonchev–Trinajstić information content (AvgIpc) is 2.67. The van der Waals surface area contributed by atoms with Crippen molar-refractivity contribution in [2.75, 3.05) is 31.1 Å². The summed E-state index contributed by atoms with van der Waals surface area (Å²) in [5.41, 5.74) is 4.25. The molecule has 0 saturated carbocycles. The highest BCUT2D eigenvalue weighted by molar-refractivity contribution is 5.98. The van der Waals surface area contributed by atoms with Gasteiger partial charge in [0.25, 0.3) is 5.91 Å². The summed E-state index contributed by atoms with van der Waals surface area (Å²) in [6.45, 7) is 6.85. The minimum Gasteiger partial charge on any atom is -0.368 e. The van der Waals surface area contributed by atoms with Crippen molar-refractivity contribution >= 4 is 22.5 Å². The number of anilines is 1. The second-order valence-electron chi connectivity index (χ2n) is 7.08. The fraction of sp³-hybridized carbons (Fsp3) is 0.273. The summed E-state index contributed by atoms with van der Waals surface area (Å²) in [6, 6.07) is 14.7. The zero-order valence-corrected chi connectivity index (χ0v) is 15.6. The molecule has 4 rings (SSSR count). The predicted octanol–water partition coefficient (Wildman–Crippen LogP) is 3.95. The van der Waals surface area contributed by atoms with Crippen molar-refractivity contribution in [2.24, 2.45) is 0 Å². The van der Waals surface area contributed by atoms with Crippen LogP contribution in [-0.4, -0.2) is 42.0 Å². The molecule has 1 fully saturated rings. The minimum absolute atomic E-state index is 0.00452. The predicted molar refractivity (Wildman–Crippen MR) is 106 cm³/mol. The molecule has 0 radical (unpaired) electrons. The van der Waals surface area contributed by atoms with Gasteiger partial charge in [0.15, 0.2) is 0 Å². The smallest absolute Gasteiger partial charge is 0.255 e. The zero-order valence-electron chi connectivity index (χ0n) is 15.6. The molecule has 4 nitrogen and oxygen atoms in total. The molecular formula is C22H22FN3O. The summed E-state index contributed by atoms with van der Waals surface area (Å²) in [4.78, 5) is 21.6. The lowest BCUT2D eigenvalue weighted by Gasteiger charge is -2.36. The highest BCUT2D eigenvalue weighted by Gasteiger charge is 2.24. The number of hydrogen-bond donors (Lipinski definition) is 0. The Labute approximate surface area is 158 Å². The van der Waals surface area contributed by atoms with E-state index in [9.17, 15) is 9.18 Å². The van der Waals surface area contributed by atoms with E-state index in [0.29, 0.717) is 29.9 Å². The Balaban J connectivity index is 1.52. The second kappa shape index (κ2) is 6.99. The average molecular weight is 363 g/mol. The van der Waals surface area contributed by atoms with Crippen LogP contribution in [0.15, 0.2) is 48.5 Å². The number of aryl methyl sites for hydroxylation is 2. The van der Waals surface area contributed by atoms with E-state index in [2.05, 4.69) is 41.1 Å². The minimum atomic E-state index is -0.319. The Bertz CT molecular complexity index is 1010. The van der Waals surface area contributed by atoms with Crippen molar-refractivity contribution in [2.45, 2.75) is 13.8 Å². The van der Waals surface area contributed by atoms with E-state index < -0.39 is 0 Å². The van der Waals surface area contributed by atoms with Crippen LogP contribution in [0.2, 0.25) is 0 Å². The summed E-state index contributed by atoms with van der Waals surface area (Å²) in [5, 5.41) is 0.781. The van der Waals surface area contributed by atoms with Gasteiger partial charge in [-0.15, -0.1) is 0 Å². The quantitative estimate of drug-likeness (QED) is 0.692. The first-order valence-corrected chi connectivity index (χ1v) is 9.19. The van der Waals surface area contributed by atoms with E-state index in [1.807, 2.05) is 11.0 Å². The van der Waals surface area contributed by atoms with Gasteiger partial charge in [0, 0.05) is 43.3 Å². The third-order valence-corrected chi connectivity index (χ3v) is 5.13. The molecule has 1 aliphatic rings. The highest BCUT2D eigenvalue weighted by atomic mass is 19.1. The number of carbonyl (C=O) groups excluding carboxylic acids is 1. The molecule has 0 aliphatic carbocycles. The number of piperazine rings is 1. The SMILES string of the molecule is Cc1cccc(N2CCN(C(=O)c3cc4ccc(F)cc4nc3C)CC2)c1. The van der Waals surface area contributed by atoms with Crippen LogP contribution in [0.3, 0.4) is 0 Å². The van der Waals surface area contributed by atoms with Gasteiger partial charge in [-0.3, -0.25) is 9.78 Å². The number of nitrogens with zero attached hydrogens (tertiary/aromatic N) is 3. The largest absolute Gasteiger partial charge is 0.368 e. The number of hydrogen-bond acceptors (Lipinski definition) is 3. The molecular weight excluding hydrogens is 341 g/mol. The van der Waals surface area contributed by atoms with E-state index in [0.717, 1.165) is 18.5 Å². The molecule has 1 aliphatic heterocycles. The Morgan fingerprint density at radius 3 is 2.52 bits per heavy atom. The number of halogens is 1. The number of rotatable bonds is 2. The summed E-state index contributed by atoms with van der Waals surface area (Å²) in [5.74, 6) is -0.323. The number of carbonyl (C=O) groups is 1. The topological polar surface area (TPSA) is 36.4 Å². The van der Waals surface area contributed by atoms with E-state index in [1.54, 1.807) is 13.0 Å². The van der Waals surface area contributed by atoms with Crippen molar-refractivity contribution in [3.05, 3.63) is 71.2 Å². The van der Waals surface area contributed by atoms with E-state index >= 15 is 0 Å². The summed E-state index contributed by atoms with van der Waals surface area (Å²) in [6.07, 6.45) is 0. The zero-order chi connectivity index (χ0) is 19.0. The number of aromatic nitrogens is 1. The Kier molecular flexibility index (Phi) is 4.52. The molecule has 27 heavy (non-hydrogen) atoms. The number of pyridine rings is 1. The molecule has 0 N–H and O–H groups in total. The van der Waals surface area contributed by atoms with Crippen LogP contribution in [0.25, 0.3) is 10.9 Å². The van der Waals surface area contributed by atoms with Crippen LogP contribution >= 0.6 is 0 Å². The van der Waals surface area contributed by atoms with Gasteiger partial charge in [0.2, 0.25) is 0 Å². The first-order chi connectivity index (χ1) is 13.0. The van der Waals surface area contributed by atoms with Crippen LogP contribution in [-0.2, 0) is 0 Å². The third-order valence-electron chi connectivity index (χ3n) is 5.13. The van der Waals surface area contributed by atoms with Crippen LogP contribution in [0.4, 0.5) is 10.1 Å². The van der Waals surface area contributed by atoms with Gasteiger partial charge < -0.3 is 9.80 Å². The summed E-state index contributed by atoms with van der Waals surface area (Å²) >= 11 is 0. The van der Waals surface area contributed by atoms with Gasteiger partial charge >= 0.3 is 0 Å². The van der Waals surface area contributed by atoms with Crippen molar-refractivity contribution in [1.29, 1.82) is 0 Å². The Hall–Kier alpha value is -2.95. The van der Waals surface area contributed by atoms with Gasteiger partial charge in [-0.05, 0) is 49.7 Å². The molecule has 1 aromatic heterocycles. The molecule has 3 aromatic rings. The normalized spacial score (nSPS) is 14.6.